The summed E-state index contributed by atoms with van der Waals surface area (Å²) in [6.07, 6.45) is 0.182. The maximum atomic E-state index is 13.5. The largest absolute Gasteiger partial charge is 0.475 e. The molecule has 0 aliphatic rings. The van der Waals surface area contributed by atoms with Gasteiger partial charge in [-0.1, -0.05) is 30.3 Å². The van der Waals surface area contributed by atoms with Gasteiger partial charge < -0.3 is 14.4 Å². The molecule has 2 atom stereocenters. The third-order valence-electron chi connectivity index (χ3n) is 3.78. The molecule has 0 bridgehead atoms. The summed E-state index contributed by atoms with van der Waals surface area (Å²) >= 11 is 0. The van der Waals surface area contributed by atoms with Crippen LogP contribution in [0, 0.1) is 0 Å². The van der Waals surface area contributed by atoms with Crippen LogP contribution in [-0.2, 0) is 31.7 Å². The topological polar surface area (TPSA) is 92.3 Å². The summed E-state index contributed by atoms with van der Waals surface area (Å²) in [5.41, 5.74) is 0.959. The van der Waals surface area contributed by atoms with Crippen LogP contribution in [0.5, 0.6) is 0 Å². The van der Waals surface area contributed by atoms with Crippen molar-refractivity contribution in [1.29, 1.82) is 0 Å². The molecule has 0 saturated heterocycles. The van der Waals surface area contributed by atoms with E-state index in [1.165, 1.54) is 0 Å². The Bertz CT molecular complexity index is 624. The van der Waals surface area contributed by atoms with E-state index >= 15 is 0 Å². The van der Waals surface area contributed by atoms with Gasteiger partial charge in [0.25, 0.3) is 0 Å². The fourth-order valence-electron chi connectivity index (χ4n) is 2.66. The first-order valence-electron chi connectivity index (χ1n) is 9.56. The molecule has 0 amide bonds. The third kappa shape index (κ3) is 7.69. The molecule has 1 N–H and O–H groups in total. The average molecular weight is 437 g/mol. The maximum absolute atomic E-state index is 13.5. The Balaban J connectivity index is 3.25. The number of hydrogen-bond acceptors (Lipinski definition) is 8. The lowest BCUT2D eigenvalue weighted by Gasteiger charge is -2.31. The number of phosphoric acid groups is 1. The molecule has 162 valence electrons. The molecule has 8 nitrogen and oxygen atoms in total. The van der Waals surface area contributed by atoms with Crippen LogP contribution in [0.25, 0.3) is 0 Å². The lowest BCUT2D eigenvalue weighted by molar-refractivity contribution is 0.0825. The molecular formula is C18H33NO7P2. The van der Waals surface area contributed by atoms with E-state index in [9.17, 15) is 9.13 Å². The first-order chi connectivity index (χ1) is 13.4. The van der Waals surface area contributed by atoms with E-state index in [4.69, 9.17) is 22.6 Å². The molecule has 2 unspecified atom stereocenters. The summed E-state index contributed by atoms with van der Waals surface area (Å²) < 4.78 is 53.5. The summed E-state index contributed by atoms with van der Waals surface area (Å²) in [6.45, 7) is 7.31. The van der Waals surface area contributed by atoms with Gasteiger partial charge in [-0.3, -0.25) is 18.1 Å². The molecule has 1 aromatic rings. The van der Waals surface area contributed by atoms with E-state index in [1.807, 2.05) is 30.3 Å². The Morgan fingerprint density at radius 2 is 1.36 bits per heavy atom. The number of rotatable bonds is 15. The molecule has 0 aliphatic carbocycles. The minimum absolute atomic E-state index is 0.117. The quantitative estimate of drug-likeness (QED) is 0.378. The third-order valence-corrected chi connectivity index (χ3v) is 7.87. The van der Waals surface area contributed by atoms with Gasteiger partial charge in [-0.05, 0) is 40.3 Å². The van der Waals surface area contributed by atoms with Crippen LogP contribution in [-0.4, -0.2) is 39.3 Å². The predicted molar refractivity (Wildman–Crippen MR) is 109 cm³/mol. The van der Waals surface area contributed by atoms with Crippen molar-refractivity contribution in [3.63, 3.8) is 0 Å². The molecule has 0 aliphatic heterocycles. The normalized spacial score (nSPS) is 14.8. The van der Waals surface area contributed by atoms with Gasteiger partial charge in [-0.15, -0.1) is 0 Å². The molecular weight excluding hydrogens is 404 g/mol. The second kappa shape index (κ2) is 12.9. The van der Waals surface area contributed by atoms with Crippen LogP contribution in [0.4, 0.5) is 0 Å². The van der Waals surface area contributed by atoms with Crippen LogP contribution < -0.4 is 5.32 Å². The highest BCUT2D eigenvalue weighted by Gasteiger charge is 2.44. The van der Waals surface area contributed by atoms with E-state index < -0.39 is 21.3 Å². The van der Waals surface area contributed by atoms with Crippen LogP contribution >= 0.6 is 15.4 Å². The average Bonchev–Trinajstić information content (AvgIpc) is 2.66. The number of phosphoric ester groups is 1. The van der Waals surface area contributed by atoms with Crippen molar-refractivity contribution in [3.8, 4) is 0 Å². The van der Waals surface area contributed by atoms with Gasteiger partial charge in [-0.25, -0.2) is 4.57 Å². The predicted octanol–water partition coefficient (Wildman–Crippen LogP) is 5.13. The van der Waals surface area contributed by atoms with Crippen molar-refractivity contribution in [2.24, 2.45) is 0 Å². The van der Waals surface area contributed by atoms with Crippen molar-refractivity contribution in [3.05, 3.63) is 35.9 Å². The van der Waals surface area contributed by atoms with Crippen LogP contribution in [0.2, 0.25) is 0 Å². The van der Waals surface area contributed by atoms with Crippen LogP contribution in [0.15, 0.2) is 30.3 Å². The van der Waals surface area contributed by atoms with Gasteiger partial charge in [0.2, 0.25) is 0 Å². The first-order valence-corrected chi connectivity index (χ1v) is 12.6. The summed E-state index contributed by atoms with van der Waals surface area (Å²) in [5.74, 6) is -1.14. The molecule has 0 spiro atoms. The van der Waals surface area contributed by atoms with Crippen molar-refractivity contribution in [2.45, 2.75) is 46.0 Å². The Kier molecular flexibility index (Phi) is 11.7. The zero-order valence-electron chi connectivity index (χ0n) is 17.3. The Labute approximate surface area is 168 Å². The van der Waals surface area contributed by atoms with E-state index in [2.05, 4.69) is 5.32 Å². The fraction of sp³-hybridized carbons (Fsp3) is 0.667. The highest BCUT2D eigenvalue weighted by molar-refractivity contribution is 7.55. The van der Waals surface area contributed by atoms with Gasteiger partial charge in [0.05, 0.1) is 26.4 Å². The van der Waals surface area contributed by atoms with Crippen LogP contribution in [0.3, 0.4) is 0 Å². The smallest absolute Gasteiger partial charge is 0.313 e. The SMILES string of the molecule is CCOP(=O)(OCC)OC(CC(NC)c1ccccc1)P(=O)(OCC)OCC. The zero-order valence-corrected chi connectivity index (χ0v) is 19.1. The summed E-state index contributed by atoms with van der Waals surface area (Å²) in [7, 11) is -5.91. The molecule has 1 rings (SSSR count). The van der Waals surface area contributed by atoms with E-state index in [-0.39, 0.29) is 38.9 Å². The molecule has 0 saturated carbocycles. The Morgan fingerprint density at radius 1 is 0.857 bits per heavy atom. The number of hydrogen-bond donors (Lipinski definition) is 1. The van der Waals surface area contributed by atoms with Crippen molar-refractivity contribution >= 4 is 15.4 Å². The fourth-order valence-corrected chi connectivity index (χ4v) is 6.28. The second-order valence-corrected chi connectivity index (χ2v) is 9.50. The molecule has 0 radical (unpaired) electrons. The van der Waals surface area contributed by atoms with E-state index in [1.54, 1.807) is 34.7 Å². The first kappa shape index (κ1) is 25.5. The van der Waals surface area contributed by atoms with Gasteiger partial charge in [0, 0.05) is 12.5 Å². The summed E-state index contributed by atoms with van der Waals surface area (Å²) in [6, 6.07) is 9.37. The Morgan fingerprint density at radius 3 is 1.79 bits per heavy atom. The van der Waals surface area contributed by atoms with Gasteiger partial charge in [0.1, 0.15) is 0 Å². The minimum atomic E-state index is -3.94. The molecule has 28 heavy (non-hydrogen) atoms. The molecule has 10 heteroatoms. The highest BCUT2D eigenvalue weighted by atomic mass is 31.2. The van der Waals surface area contributed by atoms with Crippen molar-refractivity contribution in [1.82, 2.24) is 5.32 Å². The standard InChI is InChI=1S/C18H33NO7P2/c1-6-22-27(20,23-7-2)18(26-28(21,24-8-3)25-9-4)15-17(19-5)16-13-11-10-12-14-16/h10-14,17-19H,6-9,15H2,1-5H3. The lowest BCUT2D eigenvalue weighted by Crippen LogP contribution is -2.26. The van der Waals surface area contributed by atoms with Crippen molar-refractivity contribution < 1.29 is 31.7 Å². The van der Waals surface area contributed by atoms with E-state index in [0.29, 0.717) is 0 Å². The molecule has 0 heterocycles. The summed E-state index contributed by atoms with van der Waals surface area (Å²) in [5, 5.41) is 3.17. The van der Waals surface area contributed by atoms with Gasteiger partial charge >= 0.3 is 15.4 Å². The minimum Gasteiger partial charge on any atom is -0.313 e. The molecule has 1 aromatic carbocycles. The van der Waals surface area contributed by atoms with Gasteiger partial charge in [0.15, 0.2) is 5.85 Å². The van der Waals surface area contributed by atoms with Crippen LogP contribution in [0.1, 0.15) is 45.7 Å². The lowest BCUT2D eigenvalue weighted by atomic mass is 10.0. The number of benzene rings is 1. The second-order valence-electron chi connectivity index (χ2n) is 5.71. The monoisotopic (exact) mass is 437 g/mol. The van der Waals surface area contributed by atoms with E-state index in [0.717, 1.165) is 5.56 Å². The van der Waals surface area contributed by atoms with Crippen molar-refractivity contribution in [2.75, 3.05) is 33.5 Å². The zero-order chi connectivity index (χ0) is 21.0. The van der Waals surface area contributed by atoms with Gasteiger partial charge in [-0.2, -0.15) is 0 Å². The maximum Gasteiger partial charge on any atom is 0.475 e. The summed E-state index contributed by atoms with van der Waals surface area (Å²) in [4.78, 5) is 0. The molecule has 0 aromatic heterocycles. The Hall–Kier alpha value is -0.560. The highest BCUT2D eigenvalue weighted by Crippen LogP contribution is 2.62. The molecule has 0 fully saturated rings. The number of nitrogens with one attached hydrogen (secondary N) is 1.